The number of hydrogen-bond acceptors (Lipinski definition) is 0. The molecule has 772 valence electrons. The van der Waals surface area contributed by atoms with Crippen LogP contribution in [0, 0.1) is 269 Å². The van der Waals surface area contributed by atoms with Crippen molar-refractivity contribution in [3.05, 3.63) is 269 Å². The minimum atomic E-state index is -0.826. The predicted molar refractivity (Wildman–Crippen MR) is 608 cm³/mol. The summed E-state index contributed by atoms with van der Waals surface area (Å²) in [7, 11) is 49.3. The third kappa shape index (κ3) is 44.8. The van der Waals surface area contributed by atoms with E-state index in [0.29, 0.717) is 11.8 Å². The van der Waals surface area contributed by atoms with E-state index in [1.807, 2.05) is 0 Å². The molecular weight excluding hydrogens is 2260 g/mol. The first kappa shape index (κ1) is 145. The first-order chi connectivity index (χ1) is 60.4. The Bertz CT molecular complexity index is 3390. The van der Waals surface area contributed by atoms with Gasteiger partial charge in [0.15, 0.2) is 0 Å². The van der Waals surface area contributed by atoms with Gasteiger partial charge in [0.25, 0.3) is 0 Å². The molecule has 26 atom stereocenters. The van der Waals surface area contributed by atoms with Gasteiger partial charge >= 0.3 is 189 Å². The van der Waals surface area contributed by atoms with E-state index in [1.54, 1.807) is 11.1 Å². The van der Waals surface area contributed by atoms with Crippen LogP contribution in [0.1, 0.15) is 302 Å². The van der Waals surface area contributed by atoms with Gasteiger partial charge in [-0.05, 0) is 315 Å². The first-order valence-electron chi connectivity index (χ1n) is 50.0. The molecule has 0 spiro atoms. The van der Waals surface area contributed by atoms with Crippen LogP contribution >= 0.6 is 85.1 Å². The van der Waals surface area contributed by atoms with Crippen molar-refractivity contribution in [2.45, 2.75) is 302 Å². The topological polar surface area (TPSA) is 0 Å². The fourth-order valence-electron chi connectivity index (χ4n) is 27.8. The quantitative estimate of drug-likeness (QED) is 0.0749. The van der Waals surface area contributed by atoms with E-state index in [-0.39, 0.29) is 92.5 Å². The van der Waals surface area contributed by atoms with E-state index >= 15 is 0 Å². The van der Waals surface area contributed by atoms with Crippen molar-refractivity contribution < 1.29 is 104 Å². The van der Waals surface area contributed by atoms with E-state index < -0.39 is 104 Å². The number of halogens is 10. The Kier molecular flexibility index (Phi) is 84.7. The zero-order valence-electron chi connectivity index (χ0n) is 88.8. The van der Waals surface area contributed by atoms with Gasteiger partial charge in [0.2, 0.25) is 0 Å². The molecule has 0 aromatic rings. The van der Waals surface area contributed by atoms with Gasteiger partial charge in [-0.15, -0.1) is 13.2 Å². The molecule has 26 unspecified atom stereocenters. The molecule has 0 aromatic carbocycles. The van der Waals surface area contributed by atoms with E-state index in [1.165, 1.54) is 218 Å². The monoisotopic (exact) mass is 2450 g/mol. The molecule has 0 nitrogen and oxygen atoms in total. The molecule has 0 saturated heterocycles. The Balaban J connectivity index is -0.000000760. The Hall–Kier alpha value is 3.16. The van der Waals surface area contributed by atoms with Gasteiger partial charge in [-0.2, -0.15) is 0 Å². The Morgan fingerprint density at radius 3 is 0.831 bits per heavy atom. The van der Waals surface area contributed by atoms with Crippen LogP contribution in [-0.2, 0) is 104 Å². The third-order valence-corrected chi connectivity index (χ3v) is 34.7. The summed E-state index contributed by atoms with van der Waals surface area (Å²) in [4.78, 5) is 0. The zero-order chi connectivity index (χ0) is 90.4. The van der Waals surface area contributed by atoms with Gasteiger partial charge in [0, 0.05) is 0 Å². The fraction of sp³-hybridized carbons (Fsp3) is 0.653. The molecule has 0 N–H and O–H groups in total. The molecule has 0 aliphatic heterocycles. The maximum absolute atomic E-state index is 4.93. The van der Waals surface area contributed by atoms with Crippen molar-refractivity contribution in [1.82, 2.24) is 0 Å². The van der Waals surface area contributed by atoms with Gasteiger partial charge in [-0.3, -0.25) is 0 Å². The van der Waals surface area contributed by atoms with E-state index in [9.17, 15) is 0 Å². The number of fused-ring (bicyclic) bond motifs is 8. The Morgan fingerprint density at radius 2 is 0.537 bits per heavy atom. The third-order valence-electron chi connectivity index (χ3n) is 34.7. The molecule has 10 saturated carbocycles. The molecule has 0 bridgehead atoms. The van der Waals surface area contributed by atoms with Crippen LogP contribution in [0.3, 0.4) is 0 Å². The van der Waals surface area contributed by atoms with Crippen LogP contribution in [0.25, 0.3) is 0 Å². The second-order valence-electron chi connectivity index (χ2n) is 43.2. The zero-order valence-corrected chi connectivity index (χ0v) is 109. The number of allylic oxidation sites excluding steroid dienone is 30. The summed E-state index contributed by atoms with van der Waals surface area (Å²) >= 11 is -4.13. The van der Waals surface area contributed by atoms with Gasteiger partial charge < -0.3 is 74.3 Å². The molecule has 0 radical (unpaired) electrons. The number of hydrogen-bond donors (Lipinski definition) is 0. The molecule has 0 heterocycles. The second-order valence-corrected chi connectivity index (χ2v) is 61.8. The summed E-state index contributed by atoms with van der Waals surface area (Å²) in [6, 6.07) is 0. The SMILES string of the molecule is C.C1=CC2CCC(CCC3CCC4C=CC=CC43)C2C=C1.C=CCC1CC(CCC2C(C)C(C)C(C)C2C)C2C=CC=CC12.C=CCC1CC(CCC2CCCC2)C2C=CC=CC12.CC(C)(C)C1=CC2C(C=C1)C1C=CC(C(C)(C)C)=CC1C2CCC1CCCC1.CCCCC1CC(CCC2CCCC2)C2C=CC=CC12.[CH3-].[CH3-].[CH3-].[CH3-].[CH3-].[CH3-].[CH3-].[CH3-].[CH3-].[CH3-].[Cl][Zr+2][Cl].[Cl][Zr+2][Cl].[Cl][Zr+2][Cl].[Cl][Zr+2][Cl].[Cl][Zr+2][Cl]. The average molecular weight is 2460 g/mol. The molecule has 10 fully saturated rings. The Morgan fingerprint density at radius 1 is 0.287 bits per heavy atom. The van der Waals surface area contributed by atoms with E-state index in [0.717, 1.165) is 172 Å². The van der Waals surface area contributed by atoms with E-state index in [4.69, 9.17) is 85.1 Å². The predicted octanol–water partition coefficient (Wildman–Crippen LogP) is 43.6. The minimum absolute atomic E-state index is 0. The summed E-state index contributed by atoms with van der Waals surface area (Å²) in [5.41, 5.74) is 3.63. The van der Waals surface area contributed by atoms with Crippen molar-refractivity contribution in [3.8, 4) is 0 Å². The van der Waals surface area contributed by atoms with Gasteiger partial charge in [-0.1, -0.05) is 363 Å². The summed E-state index contributed by atoms with van der Waals surface area (Å²) in [6.45, 7) is 34.5. The van der Waals surface area contributed by atoms with E-state index in [2.05, 4.69) is 259 Å². The van der Waals surface area contributed by atoms with Crippen LogP contribution < -0.4 is 0 Å². The molecule has 17 aliphatic rings. The normalized spacial score (nSPS) is 33.2. The average Bonchev–Trinajstić information content (AvgIpc) is 1.59. The second kappa shape index (κ2) is 79.2. The Labute approximate surface area is 942 Å². The van der Waals surface area contributed by atoms with Gasteiger partial charge in [0.05, 0.1) is 0 Å². The summed E-state index contributed by atoms with van der Waals surface area (Å²) in [6.07, 6.45) is 117. The number of unbranched alkanes of at least 4 members (excludes halogenated alkanes) is 1. The van der Waals surface area contributed by atoms with Crippen molar-refractivity contribution in [1.29, 1.82) is 0 Å². The van der Waals surface area contributed by atoms with Gasteiger partial charge in [-0.25, -0.2) is 0 Å². The molecule has 136 heavy (non-hydrogen) atoms. The van der Waals surface area contributed by atoms with Crippen molar-refractivity contribution >= 4 is 85.1 Å². The van der Waals surface area contributed by atoms with Crippen molar-refractivity contribution in [2.24, 2.45) is 194 Å². The molecule has 0 aromatic heterocycles. The molecule has 17 aliphatic carbocycles. The van der Waals surface area contributed by atoms with Crippen LogP contribution in [0.15, 0.2) is 194 Å². The maximum atomic E-state index is 4.93. The fourth-order valence-corrected chi connectivity index (χ4v) is 27.8. The van der Waals surface area contributed by atoms with Crippen LogP contribution in [0.2, 0.25) is 0 Å². The summed E-state index contributed by atoms with van der Waals surface area (Å²) in [5.74, 6) is 27.2. The molecule has 0 amide bonds. The van der Waals surface area contributed by atoms with Gasteiger partial charge in [0.1, 0.15) is 0 Å². The van der Waals surface area contributed by atoms with Crippen LogP contribution in [-0.4, -0.2) is 0 Å². The van der Waals surface area contributed by atoms with Crippen molar-refractivity contribution in [3.63, 3.8) is 0 Å². The molecule has 15 heteroatoms. The summed E-state index contributed by atoms with van der Waals surface area (Å²) < 4.78 is 0. The van der Waals surface area contributed by atoms with Crippen molar-refractivity contribution in [2.75, 3.05) is 0 Å². The van der Waals surface area contributed by atoms with Crippen LogP contribution in [0.5, 0.6) is 0 Å². The summed E-state index contributed by atoms with van der Waals surface area (Å²) in [5, 5.41) is 0. The number of rotatable bonds is 22. The molecule has 17 rings (SSSR count). The van der Waals surface area contributed by atoms with Crippen LogP contribution in [0.4, 0.5) is 0 Å². The first-order valence-corrected chi connectivity index (χ1v) is 81.7. The molecular formula is C121H198Cl10Zr5. The standard InChI is InChI=1S/C28H42.C23H36.C20H26.C20H32.C19H28.CH4.10CH3.10ClH.5Zr/c1-27(2,3)20-12-15-22-23-16-13-21(28(4,5)6)18-26(23)24(25(22)17-20)14-11-19-9-7-8-10-19;1-6-9-19-14-20(23-11-8-7-10-22(19)23)12-13-21-17(4)15(2)16(3)18(21)5;1-3-7-19-15(5-1)9-11-17(19)13-14-18-12-10-16-6-2-4-8-20(16)18;1-2-3-10-17-15-18(14-13-16-8-4-5-9-16)20-12-7-6-11-19(17)20;1-2-7-16-14-17(13-12-15-8-3-4-9-15)19-11-6-5-10-18(16)19;;;;;;;;;;;;;;;;;;;;;;;;;;/h12-13,15-19,22-26H,7-11,14H2,1-6H3;6-8,10-11,15-23H,1,9,12-14H2,2-5H3;1-8,15-20H,9-14H2;6-7,11-12,16-20H,2-5,8-10,13-15H2,1H3;2,5-6,10-11,15-19H,1,3-4,7-9,12-14H2;1H4;10*1H3;10*1H;;;;;/q;;;;;;10*-1;;;;;;;;;;;5*+4/p-10.